The molecule has 1 aromatic carbocycles. The highest BCUT2D eigenvalue weighted by molar-refractivity contribution is 6.01. The van der Waals surface area contributed by atoms with Crippen molar-refractivity contribution in [1.82, 2.24) is 10.2 Å². The monoisotopic (exact) mass is 355 g/mol. The summed E-state index contributed by atoms with van der Waals surface area (Å²) in [5, 5.41) is 3.16. The van der Waals surface area contributed by atoms with E-state index in [1.54, 1.807) is 30.1 Å². The van der Waals surface area contributed by atoms with Crippen LogP contribution in [0.25, 0.3) is 0 Å². The van der Waals surface area contributed by atoms with Gasteiger partial charge in [0.1, 0.15) is 11.9 Å². The number of hydrogen-bond acceptors (Lipinski definition) is 3. The number of nitrogens with zero attached hydrogens (tertiary/aromatic N) is 2. The number of anilines is 1. The van der Waals surface area contributed by atoms with Crippen LogP contribution in [0.5, 0.6) is 0 Å². The first-order valence-corrected chi connectivity index (χ1v) is 8.04. The average Bonchev–Trinajstić information content (AvgIpc) is 2.86. The van der Waals surface area contributed by atoms with Gasteiger partial charge in [0.15, 0.2) is 0 Å². The molecule has 2 amide bonds. The summed E-state index contributed by atoms with van der Waals surface area (Å²) in [6, 6.07) is 5.74. The number of benzene rings is 1. The molecule has 0 spiro atoms. The predicted molar refractivity (Wildman–Crippen MR) is 92.7 cm³/mol. The molecule has 24 heavy (non-hydrogen) atoms. The number of hydrogen-bond donors (Lipinski definition) is 1. The second-order valence-electron chi connectivity index (χ2n) is 6.40. The van der Waals surface area contributed by atoms with Crippen LogP contribution in [0.4, 0.5) is 10.1 Å². The molecule has 0 radical (unpaired) electrons. The van der Waals surface area contributed by atoms with Gasteiger partial charge < -0.3 is 15.1 Å². The zero-order valence-corrected chi connectivity index (χ0v) is 14.7. The van der Waals surface area contributed by atoms with E-state index in [1.807, 2.05) is 6.92 Å². The normalized spacial score (nSPS) is 21.9. The highest BCUT2D eigenvalue weighted by Crippen LogP contribution is 2.27. The van der Waals surface area contributed by atoms with Crippen LogP contribution in [-0.4, -0.2) is 49.4 Å². The zero-order chi connectivity index (χ0) is 16.6. The van der Waals surface area contributed by atoms with Crippen molar-refractivity contribution in [2.45, 2.75) is 19.4 Å². The number of amides is 2. The van der Waals surface area contributed by atoms with E-state index >= 15 is 0 Å². The van der Waals surface area contributed by atoms with E-state index in [4.69, 9.17) is 0 Å². The fourth-order valence-corrected chi connectivity index (χ4v) is 3.28. The molecule has 0 aliphatic carbocycles. The second-order valence-corrected chi connectivity index (χ2v) is 6.40. The lowest BCUT2D eigenvalue weighted by Crippen LogP contribution is -2.52. The molecule has 132 valence electrons. The van der Waals surface area contributed by atoms with Gasteiger partial charge in [-0.15, -0.1) is 12.4 Å². The topological polar surface area (TPSA) is 52.7 Å². The van der Waals surface area contributed by atoms with Crippen molar-refractivity contribution in [2.24, 2.45) is 11.8 Å². The molecule has 7 heteroatoms. The van der Waals surface area contributed by atoms with Gasteiger partial charge in [0.2, 0.25) is 11.8 Å². The third-order valence-corrected chi connectivity index (χ3v) is 5.05. The maximum Gasteiger partial charge on any atom is 0.249 e. The molecule has 0 bridgehead atoms. The number of carbonyl (C=O) groups is 2. The first-order chi connectivity index (χ1) is 11.0. The minimum atomic E-state index is -0.502. The van der Waals surface area contributed by atoms with Gasteiger partial charge in [-0.1, -0.05) is 19.1 Å². The molecule has 1 N–H and O–H groups in total. The van der Waals surface area contributed by atoms with Crippen molar-refractivity contribution in [1.29, 1.82) is 0 Å². The maximum absolute atomic E-state index is 13.9. The number of halogens is 2. The number of carbonyl (C=O) groups excluding carboxylic acids is 2. The van der Waals surface area contributed by atoms with Gasteiger partial charge in [-0.3, -0.25) is 9.59 Å². The fraction of sp³-hybridized carbons (Fsp3) is 0.529. The Kier molecular flexibility index (Phi) is 5.83. The summed E-state index contributed by atoms with van der Waals surface area (Å²) in [5.74, 6) is -0.389. The number of rotatable bonds is 4. The summed E-state index contributed by atoms with van der Waals surface area (Å²) in [4.78, 5) is 28.2. The molecular formula is C17H23ClFN3O2. The van der Waals surface area contributed by atoms with Crippen LogP contribution in [0.15, 0.2) is 24.3 Å². The molecule has 3 rings (SSSR count). The number of nitrogens with one attached hydrogen (secondary N) is 1. The van der Waals surface area contributed by atoms with E-state index in [-0.39, 0.29) is 35.8 Å². The van der Waals surface area contributed by atoms with Crippen molar-refractivity contribution >= 4 is 29.9 Å². The van der Waals surface area contributed by atoms with E-state index in [0.717, 1.165) is 13.1 Å². The van der Waals surface area contributed by atoms with Crippen LogP contribution in [0.1, 0.15) is 13.3 Å². The molecule has 0 saturated carbocycles. The Bertz CT molecular complexity index is 624. The Morgan fingerprint density at radius 2 is 2.04 bits per heavy atom. The SMILES string of the molecule is CC(C(=O)N(C)C1CCN(c2ccccc2F)C1=O)C1CNC1.Cl. The van der Waals surface area contributed by atoms with Crippen LogP contribution in [-0.2, 0) is 9.59 Å². The molecule has 2 heterocycles. The third kappa shape index (κ3) is 3.26. The van der Waals surface area contributed by atoms with Gasteiger partial charge in [0.05, 0.1) is 5.69 Å². The second kappa shape index (κ2) is 7.49. The van der Waals surface area contributed by atoms with Gasteiger partial charge in [-0.05, 0) is 37.6 Å². The summed E-state index contributed by atoms with van der Waals surface area (Å²) in [5.41, 5.74) is 0.289. The van der Waals surface area contributed by atoms with Crippen LogP contribution in [0, 0.1) is 17.7 Å². The molecule has 2 aliphatic heterocycles. The van der Waals surface area contributed by atoms with E-state index in [1.165, 1.54) is 11.0 Å². The molecule has 0 aromatic heterocycles. The fourth-order valence-electron chi connectivity index (χ4n) is 3.28. The summed E-state index contributed by atoms with van der Waals surface area (Å²) < 4.78 is 13.9. The summed E-state index contributed by atoms with van der Waals surface area (Å²) in [6.07, 6.45) is 0.533. The summed E-state index contributed by atoms with van der Waals surface area (Å²) in [6.45, 7) is 4.04. The van der Waals surface area contributed by atoms with Crippen LogP contribution in [0.3, 0.4) is 0 Å². The number of likely N-dealkylation sites (N-methyl/N-ethyl adjacent to an activating group) is 1. The predicted octanol–water partition coefficient (Wildman–Crippen LogP) is 1.67. The minimum absolute atomic E-state index is 0. The molecule has 2 fully saturated rings. The van der Waals surface area contributed by atoms with Gasteiger partial charge in [0, 0.05) is 19.5 Å². The zero-order valence-electron chi connectivity index (χ0n) is 13.9. The molecular weight excluding hydrogens is 333 g/mol. The largest absolute Gasteiger partial charge is 0.333 e. The molecule has 2 saturated heterocycles. The highest BCUT2D eigenvalue weighted by Gasteiger charge is 2.40. The van der Waals surface area contributed by atoms with Gasteiger partial charge >= 0.3 is 0 Å². The number of para-hydroxylation sites is 1. The third-order valence-electron chi connectivity index (χ3n) is 5.05. The molecule has 2 atom stereocenters. The van der Waals surface area contributed by atoms with E-state index < -0.39 is 11.9 Å². The molecule has 2 aliphatic rings. The Labute approximate surface area is 147 Å². The Morgan fingerprint density at radius 3 is 2.62 bits per heavy atom. The quantitative estimate of drug-likeness (QED) is 0.893. The lowest BCUT2D eigenvalue weighted by Gasteiger charge is -2.35. The van der Waals surface area contributed by atoms with Crippen molar-refractivity contribution in [3.8, 4) is 0 Å². The van der Waals surface area contributed by atoms with Crippen molar-refractivity contribution < 1.29 is 14.0 Å². The Hall–Kier alpha value is -1.66. The smallest absolute Gasteiger partial charge is 0.249 e. The van der Waals surface area contributed by atoms with Crippen molar-refractivity contribution in [2.75, 3.05) is 31.6 Å². The Morgan fingerprint density at radius 1 is 1.38 bits per heavy atom. The first kappa shape index (κ1) is 18.7. The Balaban J connectivity index is 0.00000208. The van der Waals surface area contributed by atoms with E-state index in [9.17, 15) is 14.0 Å². The van der Waals surface area contributed by atoms with Crippen molar-refractivity contribution in [3.05, 3.63) is 30.1 Å². The lowest BCUT2D eigenvalue weighted by molar-refractivity contribution is -0.141. The average molecular weight is 356 g/mol. The first-order valence-electron chi connectivity index (χ1n) is 8.04. The van der Waals surface area contributed by atoms with E-state index in [2.05, 4.69) is 5.32 Å². The van der Waals surface area contributed by atoms with E-state index in [0.29, 0.717) is 18.9 Å². The summed E-state index contributed by atoms with van der Waals surface area (Å²) >= 11 is 0. The molecule has 5 nitrogen and oxygen atoms in total. The highest BCUT2D eigenvalue weighted by atomic mass is 35.5. The van der Waals surface area contributed by atoms with Crippen LogP contribution in [0.2, 0.25) is 0 Å². The van der Waals surface area contributed by atoms with Crippen molar-refractivity contribution in [3.63, 3.8) is 0 Å². The lowest BCUT2D eigenvalue weighted by atomic mass is 9.87. The maximum atomic E-state index is 13.9. The molecule has 2 unspecified atom stereocenters. The van der Waals surface area contributed by atoms with Gasteiger partial charge in [-0.2, -0.15) is 0 Å². The molecule has 1 aromatic rings. The van der Waals surface area contributed by atoms with Gasteiger partial charge in [0.25, 0.3) is 0 Å². The standard InChI is InChI=1S/C17H22FN3O2.ClH/c1-11(12-9-19-10-12)16(22)20(2)15-7-8-21(17(15)23)14-6-4-3-5-13(14)18;/h3-6,11-12,15,19H,7-10H2,1-2H3;1H. The summed E-state index contributed by atoms with van der Waals surface area (Å²) in [7, 11) is 1.68. The minimum Gasteiger partial charge on any atom is -0.333 e. The van der Waals surface area contributed by atoms with Gasteiger partial charge in [-0.25, -0.2) is 4.39 Å². The van der Waals surface area contributed by atoms with Crippen LogP contribution >= 0.6 is 12.4 Å². The van der Waals surface area contributed by atoms with Crippen LogP contribution < -0.4 is 10.2 Å².